The number of nitriles is 1. The molecule has 140 valence electrons. The van der Waals surface area contributed by atoms with Crippen LogP contribution in [0.1, 0.15) is 5.56 Å². The summed E-state index contributed by atoms with van der Waals surface area (Å²) < 4.78 is 5.12. The molecule has 2 N–H and O–H groups in total. The lowest BCUT2D eigenvalue weighted by molar-refractivity contribution is -0.113. The lowest BCUT2D eigenvalue weighted by Crippen LogP contribution is -2.17. The molecule has 0 atom stereocenters. The molecule has 0 aliphatic rings. The number of aromatic nitrogens is 2. The minimum atomic E-state index is -0.535. The van der Waals surface area contributed by atoms with Crippen LogP contribution in [0.4, 0.5) is 5.69 Å². The maximum atomic E-state index is 12.2. The number of amides is 1. The Balaban J connectivity index is 1.76. The Morgan fingerprint density at radius 3 is 2.75 bits per heavy atom. The molecule has 1 heterocycles. The molecule has 0 aliphatic carbocycles. The molecule has 0 unspecified atom stereocenters. The fourth-order valence-corrected chi connectivity index (χ4v) is 3.12. The van der Waals surface area contributed by atoms with E-state index in [4.69, 9.17) is 4.74 Å². The van der Waals surface area contributed by atoms with Crippen LogP contribution in [0.15, 0.2) is 64.5 Å². The summed E-state index contributed by atoms with van der Waals surface area (Å²) >= 11 is 1.08. The van der Waals surface area contributed by atoms with Crippen LogP contribution in [0.2, 0.25) is 0 Å². The van der Waals surface area contributed by atoms with E-state index in [0.717, 1.165) is 11.8 Å². The van der Waals surface area contributed by atoms with Crippen molar-refractivity contribution in [2.75, 3.05) is 18.2 Å². The smallest absolute Gasteiger partial charge is 0.270 e. The van der Waals surface area contributed by atoms with Gasteiger partial charge in [-0.25, -0.2) is 4.98 Å². The van der Waals surface area contributed by atoms with Gasteiger partial charge in [0.25, 0.3) is 5.56 Å². The van der Waals surface area contributed by atoms with Gasteiger partial charge in [-0.1, -0.05) is 48.2 Å². The summed E-state index contributed by atoms with van der Waals surface area (Å²) in [5, 5.41) is 12.3. The topological polar surface area (TPSA) is 108 Å². The van der Waals surface area contributed by atoms with Crippen LogP contribution in [0.25, 0.3) is 11.3 Å². The molecule has 28 heavy (non-hydrogen) atoms. The number of anilines is 1. The zero-order valence-electron chi connectivity index (χ0n) is 14.9. The largest absolute Gasteiger partial charge is 0.497 e. The summed E-state index contributed by atoms with van der Waals surface area (Å²) in [7, 11) is 1.55. The number of benzene rings is 2. The van der Waals surface area contributed by atoms with Gasteiger partial charge >= 0.3 is 0 Å². The van der Waals surface area contributed by atoms with Crippen LogP contribution >= 0.6 is 11.8 Å². The van der Waals surface area contributed by atoms with Gasteiger partial charge in [-0.2, -0.15) is 5.26 Å². The van der Waals surface area contributed by atoms with Gasteiger partial charge in [0.1, 0.15) is 17.4 Å². The highest BCUT2D eigenvalue weighted by Gasteiger charge is 2.14. The molecule has 3 aromatic rings. The van der Waals surface area contributed by atoms with Gasteiger partial charge in [-0.05, 0) is 12.1 Å². The van der Waals surface area contributed by atoms with Gasteiger partial charge in [-0.3, -0.25) is 9.59 Å². The van der Waals surface area contributed by atoms with Crippen molar-refractivity contribution >= 4 is 23.4 Å². The predicted octanol–water partition coefficient (Wildman–Crippen LogP) is 3.05. The van der Waals surface area contributed by atoms with Gasteiger partial charge in [0.05, 0.1) is 18.6 Å². The molecule has 2 aromatic carbocycles. The van der Waals surface area contributed by atoms with Gasteiger partial charge in [0.2, 0.25) is 5.91 Å². The highest BCUT2D eigenvalue weighted by atomic mass is 32.2. The predicted molar refractivity (Wildman–Crippen MR) is 107 cm³/mol. The van der Waals surface area contributed by atoms with E-state index in [2.05, 4.69) is 15.3 Å². The molecule has 0 saturated heterocycles. The quantitative estimate of drug-likeness (QED) is 0.493. The number of carbonyl (C=O) groups excluding carboxylic acids is 1. The van der Waals surface area contributed by atoms with Crippen molar-refractivity contribution in [3.8, 4) is 23.1 Å². The fourth-order valence-electron chi connectivity index (χ4n) is 2.46. The highest BCUT2D eigenvalue weighted by Crippen LogP contribution is 2.22. The van der Waals surface area contributed by atoms with Crippen LogP contribution in [0.5, 0.6) is 5.75 Å². The molecule has 7 nitrogen and oxygen atoms in total. The molecule has 0 bridgehead atoms. The van der Waals surface area contributed by atoms with Crippen molar-refractivity contribution < 1.29 is 9.53 Å². The molecule has 1 aromatic heterocycles. The van der Waals surface area contributed by atoms with E-state index in [0.29, 0.717) is 22.7 Å². The Bertz CT molecular complexity index is 1090. The molecule has 3 rings (SSSR count). The Kier molecular flexibility index (Phi) is 6.09. The van der Waals surface area contributed by atoms with Gasteiger partial charge in [0, 0.05) is 17.3 Å². The Hall–Kier alpha value is -3.57. The van der Waals surface area contributed by atoms with Crippen LogP contribution in [0, 0.1) is 11.3 Å². The zero-order valence-corrected chi connectivity index (χ0v) is 15.7. The second kappa shape index (κ2) is 8.88. The molecule has 8 heteroatoms. The summed E-state index contributed by atoms with van der Waals surface area (Å²) in [6.45, 7) is 0. The van der Waals surface area contributed by atoms with Crippen molar-refractivity contribution in [1.82, 2.24) is 9.97 Å². The molecule has 0 saturated carbocycles. The van der Waals surface area contributed by atoms with Crippen LogP contribution in [-0.2, 0) is 4.79 Å². The Morgan fingerprint density at radius 2 is 2.04 bits per heavy atom. The third-order valence-corrected chi connectivity index (χ3v) is 4.62. The number of H-pyrrole nitrogens is 1. The SMILES string of the molecule is COc1cccc(NC(=O)CSc2nc(-c3ccccc3)c(C#N)c(=O)[nH]2)c1. The van der Waals surface area contributed by atoms with Crippen LogP contribution in [-0.4, -0.2) is 28.7 Å². The minimum absolute atomic E-state index is 0.0419. The lowest BCUT2D eigenvalue weighted by Gasteiger charge is -2.08. The molecule has 0 fully saturated rings. The number of hydrogen-bond acceptors (Lipinski definition) is 6. The number of thioether (sulfide) groups is 1. The third kappa shape index (κ3) is 4.58. The van der Waals surface area contributed by atoms with Crippen LogP contribution in [0.3, 0.4) is 0 Å². The molecule has 0 aliphatic heterocycles. The first-order valence-electron chi connectivity index (χ1n) is 8.27. The number of rotatable bonds is 6. The third-order valence-electron chi connectivity index (χ3n) is 3.75. The lowest BCUT2D eigenvalue weighted by atomic mass is 10.1. The number of nitrogens with zero attached hydrogens (tertiary/aromatic N) is 2. The van der Waals surface area contributed by atoms with Crippen molar-refractivity contribution in [2.24, 2.45) is 0 Å². The summed E-state index contributed by atoms with van der Waals surface area (Å²) in [6, 6.07) is 17.9. The zero-order chi connectivity index (χ0) is 19.9. The normalized spacial score (nSPS) is 10.1. The van der Waals surface area contributed by atoms with Gasteiger partial charge < -0.3 is 15.0 Å². The fraction of sp³-hybridized carbons (Fsp3) is 0.100. The maximum absolute atomic E-state index is 12.2. The first-order chi connectivity index (χ1) is 13.6. The first-order valence-corrected chi connectivity index (χ1v) is 9.26. The number of ether oxygens (including phenoxy) is 1. The number of aromatic amines is 1. The number of nitrogens with one attached hydrogen (secondary N) is 2. The number of hydrogen-bond donors (Lipinski definition) is 2. The second-order valence-corrected chi connectivity index (χ2v) is 6.61. The van der Waals surface area contributed by atoms with E-state index in [1.54, 1.807) is 55.6 Å². The van der Waals surface area contributed by atoms with E-state index in [-0.39, 0.29) is 22.4 Å². The van der Waals surface area contributed by atoms with E-state index in [1.165, 1.54) is 0 Å². The average molecular weight is 392 g/mol. The van der Waals surface area contributed by atoms with Crippen molar-refractivity contribution in [3.63, 3.8) is 0 Å². The molecule has 0 spiro atoms. The monoisotopic (exact) mass is 392 g/mol. The second-order valence-electron chi connectivity index (χ2n) is 5.64. The molecule has 0 radical (unpaired) electrons. The standard InChI is InChI=1S/C20H16N4O3S/c1-27-15-9-5-8-14(10-15)22-17(25)12-28-20-23-18(13-6-3-2-4-7-13)16(11-21)19(26)24-20/h2-10H,12H2,1H3,(H,22,25)(H,23,24,26). The van der Waals surface area contributed by atoms with Crippen LogP contribution < -0.4 is 15.6 Å². The van der Waals surface area contributed by atoms with E-state index in [9.17, 15) is 14.9 Å². The Morgan fingerprint density at radius 1 is 1.25 bits per heavy atom. The number of carbonyl (C=O) groups is 1. The first kappa shape index (κ1) is 19.2. The van der Waals surface area contributed by atoms with E-state index >= 15 is 0 Å². The van der Waals surface area contributed by atoms with Gasteiger partial charge in [0.15, 0.2) is 5.16 Å². The molecular weight excluding hydrogens is 376 g/mol. The average Bonchev–Trinajstić information content (AvgIpc) is 2.72. The van der Waals surface area contributed by atoms with Crippen molar-refractivity contribution in [2.45, 2.75) is 5.16 Å². The molecular formula is C20H16N4O3S. The highest BCUT2D eigenvalue weighted by molar-refractivity contribution is 7.99. The summed E-state index contributed by atoms with van der Waals surface area (Å²) in [5.41, 5.74) is 0.968. The number of methoxy groups -OCH3 is 1. The van der Waals surface area contributed by atoms with Crippen molar-refractivity contribution in [3.05, 3.63) is 70.5 Å². The van der Waals surface area contributed by atoms with Crippen molar-refractivity contribution in [1.29, 1.82) is 5.26 Å². The van der Waals surface area contributed by atoms with E-state index < -0.39 is 5.56 Å². The summed E-state index contributed by atoms with van der Waals surface area (Å²) in [4.78, 5) is 31.3. The Labute approximate surface area is 165 Å². The summed E-state index contributed by atoms with van der Waals surface area (Å²) in [6.07, 6.45) is 0. The van der Waals surface area contributed by atoms with E-state index in [1.807, 2.05) is 12.1 Å². The van der Waals surface area contributed by atoms with Gasteiger partial charge in [-0.15, -0.1) is 0 Å². The minimum Gasteiger partial charge on any atom is -0.497 e. The summed E-state index contributed by atoms with van der Waals surface area (Å²) in [5.74, 6) is 0.419. The maximum Gasteiger partial charge on any atom is 0.270 e. The molecule has 1 amide bonds.